The van der Waals surface area contributed by atoms with Crippen LogP contribution in [0.4, 0.5) is 5.82 Å². The number of nitrogens with one attached hydrogen (secondary N) is 1. The van der Waals surface area contributed by atoms with E-state index in [4.69, 9.17) is 18.0 Å². The highest BCUT2D eigenvalue weighted by Gasteiger charge is 2.08. The van der Waals surface area contributed by atoms with Gasteiger partial charge in [0.15, 0.2) is 11.6 Å². The van der Waals surface area contributed by atoms with Crippen molar-refractivity contribution < 1.29 is 0 Å². The summed E-state index contributed by atoms with van der Waals surface area (Å²) >= 11 is 4.88. The van der Waals surface area contributed by atoms with Crippen molar-refractivity contribution in [2.24, 2.45) is 12.8 Å². The Balaban J connectivity index is 2.11. The summed E-state index contributed by atoms with van der Waals surface area (Å²) in [4.78, 5) is 12.5. The highest BCUT2D eigenvalue weighted by molar-refractivity contribution is 7.80. The van der Waals surface area contributed by atoms with Crippen molar-refractivity contribution in [1.82, 2.24) is 24.7 Å². The van der Waals surface area contributed by atoms with Gasteiger partial charge in [0.2, 0.25) is 0 Å². The Morgan fingerprint density at radius 2 is 2.18 bits per heavy atom. The van der Waals surface area contributed by atoms with Gasteiger partial charge in [0.1, 0.15) is 17.0 Å². The maximum Gasteiger partial charge on any atom is 0.169 e. The number of hydrogen-bond acceptors (Lipinski definition) is 6. The van der Waals surface area contributed by atoms with Gasteiger partial charge < -0.3 is 11.1 Å². The summed E-state index contributed by atoms with van der Waals surface area (Å²) in [6.45, 7) is 0.440. The first-order valence-electron chi connectivity index (χ1n) is 4.86. The lowest BCUT2D eigenvalue weighted by Crippen LogP contribution is -2.16. The average Bonchev–Trinajstić information content (AvgIpc) is 2.73. The quantitative estimate of drug-likeness (QED) is 0.728. The molecular weight excluding hydrogens is 238 g/mol. The number of rotatable bonds is 4. The van der Waals surface area contributed by atoms with E-state index in [1.54, 1.807) is 30.5 Å². The van der Waals surface area contributed by atoms with E-state index < -0.39 is 0 Å². The minimum absolute atomic E-state index is 0.203. The lowest BCUT2D eigenvalue weighted by molar-refractivity contribution is 0.747. The lowest BCUT2D eigenvalue weighted by Gasteiger charge is -2.06. The van der Waals surface area contributed by atoms with Crippen LogP contribution in [0.25, 0.3) is 0 Å². The molecule has 0 fully saturated rings. The van der Waals surface area contributed by atoms with Crippen LogP contribution in [-0.2, 0) is 13.6 Å². The first-order chi connectivity index (χ1) is 8.16. The Labute approximate surface area is 103 Å². The second-order valence-corrected chi connectivity index (χ2v) is 3.75. The maximum absolute atomic E-state index is 5.54. The number of thiocarbonyl (C=S) groups is 1. The van der Waals surface area contributed by atoms with E-state index in [1.165, 1.54) is 0 Å². The zero-order chi connectivity index (χ0) is 12.3. The second-order valence-electron chi connectivity index (χ2n) is 3.31. The van der Waals surface area contributed by atoms with Gasteiger partial charge in [-0.1, -0.05) is 12.2 Å². The Morgan fingerprint density at radius 1 is 1.41 bits per heavy atom. The van der Waals surface area contributed by atoms with E-state index in [9.17, 15) is 0 Å². The first kappa shape index (κ1) is 11.4. The van der Waals surface area contributed by atoms with E-state index >= 15 is 0 Å². The van der Waals surface area contributed by atoms with Crippen LogP contribution >= 0.6 is 12.2 Å². The minimum Gasteiger partial charge on any atom is -0.388 e. The van der Waals surface area contributed by atoms with Crippen molar-refractivity contribution in [2.75, 3.05) is 5.32 Å². The van der Waals surface area contributed by atoms with Crippen LogP contribution in [0, 0.1) is 0 Å². The molecule has 0 atom stereocenters. The van der Waals surface area contributed by atoms with Crippen LogP contribution in [-0.4, -0.2) is 29.7 Å². The SMILES string of the molecule is Cn1cnc(CNc2nccnc2C(N)=S)n1. The molecule has 0 aliphatic rings. The lowest BCUT2D eigenvalue weighted by atomic mass is 10.4. The number of aryl methyl sites for hydroxylation is 1. The predicted molar refractivity (Wildman–Crippen MR) is 66.2 cm³/mol. The van der Waals surface area contributed by atoms with Crippen LogP contribution in [0.3, 0.4) is 0 Å². The fourth-order valence-corrected chi connectivity index (χ4v) is 1.42. The van der Waals surface area contributed by atoms with Crippen LogP contribution in [0.15, 0.2) is 18.7 Å². The summed E-state index contributed by atoms with van der Waals surface area (Å²) in [6, 6.07) is 0. The van der Waals surface area contributed by atoms with Crippen LogP contribution in [0.5, 0.6) is 0 Å². The molecule has 0 aliphatic heterocycles. The van der Waals surface area contributed by atoms with Gasteiger partial charge >= 0.3 is 0 Å². The highest BCUT2D eigenvalue weighted by Crippen LogP contribution is 2.08. The monoisotopic (exact) mass is 249 g/mol. The van der Waals surface area contributed by atoms with E-state index in [2.05, 4.69) is 25.4 Å². The normalized spacial score (nSPS) is 10.2. The van der Waals surface area contributed by atoms with Gasteiger partial charge in [-0.05, 0) is 0 Å². The summed E-state index contributed by atoms with van der Waals surface area (Å²) in [5.74, 6) is 1.19. The number of aromatic nitrogens is 5. The van der Waals surface area contributed by atoms with E-state index in [0.717, 1.165) is 0 Å². The van der Waals surface area contributed by atoms with Gasteiger partial charge in [0.05, 0.1) is 6.54 Å². The molecule has 2 heterocycles. The van der Waals surface area contributed by atoms with Gasteiger partial charge in [0, 0.05) is 19.4 Å². The molecule has 0 radical (unpaired) electrons. The third-order valence-electron chi connectivity index (χ3n) is 1.99. The first-order valence-corrected chi connectivity index (χ1v) is 5.27. The van der Waals surface area contributed by atoms with Crippen molar-refractivity contribution in [3.63, 3.8) is 0 Å². The molecule has 8 heteroatoms. The molecule has 7 nitrogen and oxygen atoms in total. The smallest absolute Gasteiger partial charge is 0.169 e. The van der Waals surface area contributed by atoms with E-state index in [1.807, 2.05) is 0 Å². The summed E-state index contributed by atoms with van der Waals surface area (Å²) < 4.78 is 1.63. The van der Waals surface area contributed by atoms with Crippen molar-refractivity contribution in [2.45, 2.75) is 6.54 Å². The average molecular weight is 249 g/mol. The minimum atomic E-state index is 0.203. The summed E-state index contributed by atoms with van der Waals surface area (Å²) in [5.41, 5.74) is 6.01. The Morgan fingerprint density at radius 3 is 2.82 bits per heavy atom. The number of hydrogen-bond donors (Lipinski definition) is 2. The molecule has 88 valence electrons. The fourth-order valence-electron chi connectivity index (χ4n) is 1.28. The number of nitrogens with zero attached hydrogens (tertiary/aromatic N) is 5. The van der Waals surface area contributed by atoms with Gasteiger partial charge in [0.25, 0.3) is 0 Å². The predicted octanol–water partition coefficient (Wildman–Crippen LogP) is -0.149. The molecule has 0 unspecified atom stereocenters. The second kappa shape index (κ2) is 4.83. The molecule has 0 bridgehead atoms. The molecule has 0 aromatic carbocycles. The van der Waals surface area contributed by atoms with Crippen molar-refractivity contribution in [1.29, 1.82) is 0 Å². The molecule has 0 saturated heterocycles. The largest absolute Gasteiger partial charge is 0.388 e. The summed E-state index contributed by atoms with van der Waals surface area (Å²) in [6.07, 6.45) is 4.73. The van der Waals surface area contributed by atoms with Crippen LogP contribution in [0.2, 0.25) is 0 Å². The third-order valence-corrected chi connectivity index (χ3v) is 2.19. The molecule has 0 amide bonds. The van der Waals surface area contributed by atoms with Gasteiger partial charge in [-0.3, -0.25) is 4.68 Å². The number of nitrogens with two attached hydrogens (primary N) is 1. The van der Waals surface area contributed by atoms with Crippen molar-refractivity contribution >= 4 is 23.0 Å². The van der Waals surface area contributed by atoms with Gasteiger partial charge in [-0.25, -0.2) is 15.0 Å². The molecule has 2 aromatic rings. The standard InChI is InChI=1S/C9H11N7S/c1-16-5-14-6(15-16)4-13-9-7(8(10)17)11-2-3-12-9/h2-3,5H,4H2,1H3,(H2,10,17)(H,12,13). The molecule has 0 spiro atoms. The maximum atomic E-state index is 5.54. The molecule has 3 N–H and O–H groups in total. The van der Waals surface area contributed by atoms with Crippen molar-refractivity contribution in [3.05, 3.63) is 30.2 Å². The molecule has 2 aromatic heterocycles. The molecular formula is C9H11N7S. The molecule has 2 rings (SSSR count). The fraction of sp³-hybridized carbons (Fsp3) is 0.222. The highest BCUT2D eigenvalue weighted by atomic mass is 32.1. The van der Waals surface area contributed by atoms with Crippen molar-refractivity contribution in [3.8, 4) is 0 Å². The number of anilines is 1. The van der Waals surface area contributed by atoms with E-state index in [0.29, 0.717) is 23.9 Å². The Bertz CT molecular complexity index is 536. The van der Waals surface area contributed by atoms with Gasteiger partial charge in [-0.15, -0.1) is 0 Å². The zero-order valence-corrected chi connectivity index (χ0v) is 9.98. The van der Waals surface area contributed by atoms with Crippen LogP contribution < -0.4 is 11.1 Å². The van der Waals surface area contributed by atoms with Crippen LogP contribution in [0.1, 0.15) is 11.5 Å². The topological polar surface area (TPSA) is 94.5 Å². The zero-order valence-electron chi connectivity index (χ0n) is 9.16. The Kier molecular flexibility index (Phi) is 3.24. The molecule has 17 heavy (non-hydrogen) atoms. The summed E-state index contributed by atoms with van der Waals surface area (Å²) in [7, 11) is 1.80. The summed E-state index contributed by atoms with van der Waals surface area (Å²) in [5, 5.41) is 7.18. The third kappa shape index (κ3) is 2.72. The van der Waals surface area contributed by atoms with E-state index in [-0.39, 0.29) is 4.99 Å². The Hall–Kier alpha value is -2.09. The van der Waals surface area contributed by atoms with Gasteiger partial charge in [-0.2, -0.15) is 5.10 Å². The molecule has 0 saturated carbocycles. The molecule has 0 aliphatic carbocycles.